The maximum Gasteiger partial charge on any atom is 0.0290 e. The van der Waals surface area contributed by atoms with Gasteiger partial charge in [0, 0.05) is 18.3 Å². The maximum absolute atomic E-state index is 5.29. The molecule has 3 heteroatoms. The Hall–Kier alpha value is 0.270. The molecule has 0 saturated carbocycles. The van der Waals surface area contributed by atoms with Gasteiger partial charge in [0.15, 0.2) is 0 Å². The average molecular weight is 120 g/mol. The van der Waals surface area contributed by atoms with Crippen LogP contribution >= 0.6 is 11.8 Å². The molecule has 0 unspecified atom stereocenters. The van der Waals surface area contributed by atoms with Crippen molar-refractivity contribution in [3.05, 3.63) is 0 Å². The summed E-state index contributed by atoms with van der Waals surface area (Å²) in [4.78, 5) is 0. The van der Waals surface area contributed by atoms with Crippen LogP contribution in [0.15, 0.2) is 0 Å². The fraction of sp³-hybridized carbons (Fsp3) is 1.00. The molecule has 0 aromatic rings. The van der Waals surface area contributed by atoms with Crippen molar-refractivity contribution in [2.75, 3.05) is 19.3 Å². The minimum atomic E-state index is 0.458. The second-order valence-electron chi connectivity index (χ2n) is 1.33. The van der Waals surface area contributed by atoms with Crippen LogP contribution in [-0.2, 0) is 0 Å². The van der Waals surface area contributed by atoms with E-state index in [4.69, 9.17) is 11.5 Å². The van der Waals surface area contributed by atoms with Crippen LogP contribution in [0.2, 0.25) is 0 Å². The molecule has 0 radical (unpaired) electrons. The van der Waals surface area contributed by atoms with Gasteiger partial charge in [-0.3, -0.25) is 0 Å². The lowest BCUT2D eigenvalue weighted by atomic mass is 10.4. The zero-order valence-electron chi connectivity index (χ0n) is 4.55. The monoisotopic (exact) mass is 120 g/mol. The normalized spacial score (nSPS) is 10.3. The zero-order valence-corrected chi connectivity index (χ0v) is 5.37. The van der Waals surface area contributed by atoms with Crippen LogP contribution in [-0.4, -0.2) is 24.6 Å². The van der Waals surface area contributed by atoms with Crippen LogP contribution in [0.1, 0.15) is 0 Å². The number of nitrogens with two attached hydrogens (primary N) is 2. The highest BCUT2D eigenvalue weighted by Crippen LogP contribution is 1.99. The molecule has 0 amide bonds. The first-order valence-electron chi connectivity index (χ1n) is 2.28. The van der Waals surface area contributed by atoms with E-state index in [0.717, 1.165) is 0 Å². The Kier molecular flexibility index (Phi) is 4.60. The highest BCUT2D eigenvalue weighted by molar-refractivity contribution is 7.99. The van der Waals surface area contributed by atoms with E-state index in [9.17, 15) is 0 Å². The van der Waals surface area contributed by atoms with Crippen molar-refractivity contribution in [1.29, 1.82) is 0 Å². The molecule has 0 spiro atoms. The van der Waals surface area contributed by atoms with E-state index in [0.29, 0.717) is 18.3 Å². The van der Waals surface area contributed by atoms with E-state index >= 15 is 0 Å². The third-order valence-electron chi connectivity index (χ3n) is 0.859. The van der Waals surface area contributed by atoms with Gasteiger partial charge in [0.05, 0.1) is 0 Å². The Morgan fingerprint density at radius 1 is 1.43 bits per heavy atom. The molecule has 0 aromatic carbocycles. The molecule has 0 heterocycles. The number of rotatable bonds is 3. The molecule has 0 aromatic heterocycles. The molecule has 0 saturated heterocycles. The first kappa shape index (κ1) is 7.27. The summed E-state index contributed by atoms with van der Waals surface area (Å²) in [5, 5.41) is 0.458. The third kappa shape index (κ3) is 2.91. The number of hydrogen-bond donors (Lipinski definition) is 2. The molecule has 0 aliphatic rings. The van der Waals surface area contributed by atoms with Crippen LogP contribution in [0.5, 0.6) is 0 Å². The summed E-state index contributed by atoms with van der Waals surface area (Å²) < 4.78 is 0. The summed E-state index contributed by atoms with van der Waals surface area (Å²) in [6.45, 7) is 1.38. The van der Waals surface area contributed by atoms with Gasteiger partial charge in [0.2, 0.25) is 0 Å². The molecular weight excluding hydrogens is 108 g/mol. The Labute approximate surface area is 48.6 Å². The predicted molar refractivity (Wildman–Crippen MR) is 35.4 cm³/mol. The Balaban J connectivity index is 2.99. The lowest BCUT2D eigenvalue weighted by Crippen LogP contribution is -2.25. The van der Waals surface area contributed by atoms with Gasteiger partial charge in [-0.15, -0.1) is 0 Å². The third-order valence-corrected chi connectivity index (χ3v) is 1.91. The van der Waals surface area contributed by atoms with Crippen molar-refractivity contribution in [3.8, 4) is 0 Å². The molecule has 0 aliphatic heterocycles. The summed E-state index contributed by atoms with van der Waals surface area (Å²) in [5.74, 6) is 0. The SMILES string of the molecule is CSC(CN)CN. The molecule has 0 rings (SSSR count). The predicted octanol–water partition coefficient (Wildman–Crippen LogP) is -0.365. The largest absolute Gasteiger partial charge is 0.329 e. The number of hydrogen-bond acceptors (Lipinski definition) is 3. The summed E-state index contributed by atoms with van der Waals surface area (Å²) in [6.07, 6.45) is 2.02. The van der Waals surface area contributed by atoms with Gasteiger partial charge in [-0.1, -0.05) is 0 Å². The van der Waals surface area contributed by atoms with Crippen molar-refractivity contribution < 1.29 is 0 Å². The number of thioether (sulfide) groups is 1. The molecule has 0 atom stereocenters. The topological polar surface area (TPSA) is 52.0 Å². The second-order valence-corrected chi connectivity index (χ2v) is 2.47. The average Bonchev–Trinajstić information content (AvgIpc) is 1.72. The zero-order chi connectivity index (χ0) is 5.70. The van der Waals surface area contributed by atoms with E-state index in [1.165, 1.54) is 0 Å². The van der Waals surface area contributed by atoms with Crippen molar-refractivity contribution in [3.63, 3.8) is 0 Å². The molecule has 2 nitrogen and oxygen atoms in total. The van der Waals surface area contributed by atoms with E-state index in [2.05, 4.69) is 0 Å². The summed E-state index contributed by atoms with van der Waals surface area (Å²) in [7, 11) is 0. The van der Waals surface area contributed by atoms with Crippen LogP contribution in [0.3, 0.4) is 0 Å². The Morgan fingerprint density at radius 2 is 1.86 bits per heavy atom. The molecule has 0 fully saturated rings. The van der Waals surface area contributed by atoms with Crippen molar-refractivity contribution in [1.82, 2.24) is 0 Å². The summed E-state index contributed by atoms with van der Waals surface area (Å²) in [6, 6.07) is 0. The van der Waals surface area contributed by atoms with Gasteiger partial charge in [-0.2, -0.15) is 11.8 Å². The van der Waals surface area contributed by atoms with E-state index in [1.807, 2.05) is 6.26 Å². The van der Waals surface area contributed by atoms with E-state index in [1.54, 1.807) is 11.8 Å². The smallest absolute Gasteiger partial charge is 0.0290 e. The molecule has 7 heavy (non-hydrogen) atoms. The first-order chi connectivity index (χ1) is 3.35. The van der Waals surface area contributed by atoms with Gasteiger partial charge < -0.3 is 11.5 Å². The fourth-order valence-electron chi connectivity index (χ4n) is 0.289. The van der Waals surface area contributed by atoms with Gasteiger partial charge in [-0.05, 0) is 6.26 Å². The quantitative estimate of drug-likeness (QED) is 0.534. The molecule has 0 aliphatic carbocycles. The summed E-state index contributed by atoms with van der Waals surface area (Å²) in [5.41, 5.74) is 10.6. The van der Waals surface area contributed by atoms with Crippen LogP contribution in [0.25, 0.3) is 0 Å². The second kappa shape index (κ2) is 4.43. The standard InChI is InChI=1S/C4H12N2S/c1-7-4(2-5)3-6/h4H,2-3,5-6H2,1H3. The van der Waals surface area contributed by atoms with Crippen LogP contribution in [0.4, 0.5) is 0 Å². The van der Waals surface area contributed by atoms with Crippen LogP contribution in [0, 0.1) is 0 Å². The minimum absolute atomic E-state index is 0.458. The van der Waals surface area contributed by atoms with Crippen molar-refractivity contribution in [2.45, 2.75) is 5.25 Å². The van der Waals surface area contributed by atoms with Gasteiger partial charge in [0.1, 0.15) is 0 Å². The molecular formula is C4H12N2S. The maximum atomic E-state index is 5.29. The van der Waals surface area contributed by atoms with Crippen molar-refractivity contribution in [2.24, 2.45) is 11.5 Å². The highest BCUT2D eigenvalue weighted by Gasteiger charge is 1.97. The molecule has 4 N–H and O–H groups in total. The lowest BCUT2D eigenvalue weighted by Gasteiger charge is -2.05. The van der Waals surface area contributed by atoms with Crippen molar-refractivity contribution >= 4 is 11.8 Å². The molecule has 0 bridgehead atoms. The van der Waals surface area contributed by atoms with Gasteiger partial charge in [-0.25, -0.2) is 0 Å². The fourth-order valence-corrected chi connectivity index (χ4v) is 0.674. The Bertz CT molecular complexity index is 31.2. The minimum Gasteiger partial charge on any atom is -0.329 e. The molecule has 44 valence electrons. The highest BCUT2D eigenvalue weighted by atomic mass is 32.2. The van der Waals surface area contributed by atoms with Gasteiger partial charge in [0.25, 0.3) is 0 Å². The van der Waals surface area contributed by atoms with Crippen LogP contribution < -0.4 is 11.5 Å². The first-order valence-corrected chi connectivity index (χ1v) is 3.56. The van der Waals surface area contributed by atoms with E-state index in [-0.39, 0.29) is 0 Å². The van der Waals surface area contributed by atoms with E-state index < -0.39 is 0 Å². The Morgan fingerprint density at radius 3 is 1.86 bits per heavy atom. The summed E-state index contributed by atoms with van der Waals surface area (Å²) >= 11 is 1.72. The van der Waals surface area contributed by atoms with Gasteiger partial charge >= 0.3 is 0 Å². The lowest BCUT2D eigenvalue weighted by molar-refractivity contribution is 0.865.